The van der Waals surface area contributed by atoms with E-state index in [1.807, 2.05) is 18.2 Å². The molecule has 0 fully saturated rings. The molecule has 0 N–H and O–H groups in total. The van der Waals surface area contributed by atoms with Crippen LogP contribution >= 0.6 is 23.6 Å². The second-order valence-corrected chi connectivity index (χ2v) is 20.3. The maximum Gasteiger partial charge on any atom is 2.00 e. The van der Waals surface area contributed by atoms with Crippen LogP contribution in [-0.4, -0.2) is 43.1 Å². The summed E-state index contributed by atoms with van der Waals surface area (Å²) in [6.07, 6.45) is 6.12. The van der Waals surface area contributed by atoms with Crippen molar-refractivity contribution in [2.24, 2.45) is 0 Å². The molecule has 0 radical (unpaired) electrons. The number of thiophene rings is 1. The molecule has 0 spiro atoms. The Kier molecular flexibility index (Phi) is 21.9. The Morgan fingerprint density at radius 2 is 1.21 bits per heavy atom. The number of alkyl halides is 3. The first kappa shape index (κ1) is 60.3. The van der Waals surface area contributed by atoms with E-state index >= 15 is 0 Å². The molecule has 0 saturated heterocycles. The standard InChI is InChI=1S/C29H30F3N4.C29H25N3O4S.CNS.Ru/c1-27(2,3)19-7-11-21(12-8-19)36(22-13-9-20(10-14-22)28(4,5)6)23-15-16-33-24(17-23)25-18-26(35-34-25)29(30,31)32;1-2-3-4-5-6-22-11-14-37-29(22)8-7-21-9-12-30-25(15-21)27-17-24(36-20-34)18-28(32-27)26-16-23(35-19-33)10-13-31-26;2-1-3;/h7-18H,1-6H3;9-20H,2-6H2,1H3;;/q-1;;-1;+2. The molecule has 8 aromatic rings. The Labute approximate surface area is 469 Å². The van der Waals surface area contributed by atoms with Gasteiger partial charge in [0.05, 0.1) is 33.3 Å². The van der Waals surface area contributed by atoms with E-state index < -0.39 is 11.9 Å². The number of carbonyl (C=O) groups excluding carboxylic acids is 2. The molecular formula is C59H55F3N8O4RuS2. The van der Waals surface area contributed by atoms with E-state index in [0.29, 0.717) is 47.2 Å². The summed E-state index contributed by atoms with van der Waals surface area (Å²) in [7, 11) is 0. The number of anilines is 3. The fraction of sp³-hybridized carbons (Fsp3) is 0.254. The summed E-state index contributed by atoms with van der Waals surface area (Å²) in [6, 6.07) is 33.3. The Morgan fingerprint density at radius 1 is 0.662 bits per heavy atom. The average Bonchev–Trinajstić information content (AvgIpc) is 4.10. The third kappa shape index (κ3) is 17.2. The zero-order chi connectivity index (χ0) is 54.9. The molecule has 0 atom stereocenters. The largest absolute Gasteiger partial charge is 2.00 e. The predicted octanol–water partition coefficient (Wildman–Crippen LogP) is 14.7. The molecule has 6 aromatic heterocycles. The van der Waals surface area contributed by atoms with Gasteiger partial charge in [0.2, 0.25) is 0 Å². The van der Waals surface area contributed by atoms with Crippen molar-refractivity contribution in [2.75, 3.05) is 4.90 Å². The van der Waals surface area contributed by atoms with E-state index in [4.69, 9.17) is 14.9 Å². The van der Waals surface area contributed by atoms with Crippen LogP contribution in [-0.2, 0) is 52.5 Å². The van der Waals surface area contributed by atoms with Crippen LogP contribution in [0.3, 0.4) is 0 Å². The van der Waals surface area contributed by atoms with Gasteiger partial charge < -0.3 is 30.0 Å². The van der Waals surface area contributed by atoms with Gasteiger partial charge in [0.1, 0.15) is 17.2 Å². The van der Waals surface area contributed by atoms with Crippen molar-refractivity contribution in [1.29, 1.82) is 0 Å². The monoisotopic (exact) mass is 1160 g/mol. The molecule has 0 aliphatic heterocycles. The number of thiocarbonyl (C=S) groups is 1. The van der Waals surface area contributed by atoms with Crippen LogP contribution in [0.25, 0.3) is 39.6 Å². The third-order valence-corrected chi connectivity index (χ3v) is 12.5. The van der Waals surface area contributed by atoms with Crippen LogP contribution in [0.5, 0.6) is 11.5 Å². The van der Waals surface area contributed by atoms with E-state index in [2.05, 4.69) is 168 Å². The minimum Gasteiger partial charge on any atom is -0.753 e. The van der Waals surface area contributed by atoms with Gasteiger partial charge in [0.15, 0.2) is 0 Å². The van der Waals surface area contributed by atoms with Crippen LogP contribution < -0.4 is 19.5 Å². The Hall–Kier alpha value is -7.54. The summed E-state index contributed by atoms with van der Waals surface area (Å²) in [4.78, 5) is 42.6. The Bertz CT molecular complexity index is 3260. The number of isothiocyanates is 1. The van der Waals surface area contributed by atoms with Gasteiger partial charge in [-0.25, -0.2) is 4.98 Å². The molecule has 0 unspecified atom stereocenters. The molecule has 0 saturated carbocycles. The van der Waals surface area contributed by atoms with Crippen LogP contribution in [0.1, 0.15) is 107 Å². The zero-order valence-electron chi connectivity index (χ0n) is 43.4. The summed E-state index contributed by atoms with van der Waals surface area (Å²) in [5.41, 5.74) is 8.39. The fourth-order valence-electron chi connectivity index (χ4n) is 7.66. The molecule has 18 heteroatoms. The number of halogens is 3. The molecule has 0 aliphatic carbocycles. The number of aryl methyl sites for hydroxylation is 1. The number of ether oxygens (including phenoxy) is 2. The number of carbonyl (C=O) groups is 2. The smallest absolute Gasteiger partial charge is 0.753 e. The van der Waals surface area contributed by atoms with Crippen molar-refractivity contribution in [2.45, 2.75) is 97.6 Å². The summed E-state index contributed by atoms with van der Waals surface area (Å²) < 4.78 is 49.2. The molecule has 8 rings (SSSR count). The number of rotatable bonds is 15. The van der Waals surface area contributed by atoms with Gasteiger partial charge in [0, 0.05) is 59.4 Å². The number of hydrogen-bond acceptors (Lipinski definition) is 12. The third-order valence-electron chi connectivity index (χ3n) is 11.6. The number of hydrogen-bond donors (Lipinski definition) is 0. The van der Waals surface area contributed by atoms with Crippen molar-refractivity contribution in [1.82, 2.24) is 30.1 Å². The SMILES string of the molecule is CC(C)(C)c1ccc(N(c2ccc(C(C)(C)C)cc2)c2ccnc(-c3cc(C(F)(F)F)n[n-]3)c2)cc1.CCCCCCc1ccsc1C#Cc1ccnc(-c2cc(OC=O)cc(-c3cc(OC=O)ccn3)n2)c1.[N-]=C=S.[Ru+2]. The first-order valence-corrected chi connectivity index (χ1v) is 25.4. The van der Waals surface area contributed by atoms with Crippen LogP contribution in [0, 0.1) is 11.8 Å². The number of aromatic nitrogens is 6. The van der Waals surface area contributed by atoms with Crippen LogP contribution in [0.4, 0.5) is 30.2 Å². The van der Waals surface area contributed by atoms with Gasteiger partial charge in [-0.3, -0.25) is 24.5 Å². The molecular weight excluding hydrogens is 1110 g/mol. The van der Waals surface area contributed by atoms with Gasteiger partial charge >= 0.3 is 25.7 Å². The summed E-state index contributed by atoms with van der Waals surface area (Å²) in [6.45, 7) is 15.9. The quantitative estimate of drug-likeness (QED) is 0.0239. The van der Waals surface area contributed by atoms with E-state index in [1.165, 1.54) is 53.7 Å². The van der Waals surface area contributed by atoms with Crippen molar-refractivity contribution >= 4 is 58.7 Å². The summed E-state index contributed by atoms with van der Waals surface area (Å²) in [5.74, 6) is 7.16. The van der Waals surface area contributed by atoms with Gasteiger partial charge in [-0.05, 0) is 112 Å². The Balaban J connectivity index is 0.000000267. The van der Waals surface area contributed by atoms with Gasteiger partial charge in [-0.1, -0.05) is 122 Å². The van der Waals surface area contributed by atoms with Crippen molar-refractivity contribution in [3.05, 3.63) is 171 Å². The molecule has 6 heterocycles. The topological polar surface area (TPSA) is 157 Å². The number of nitrogens with zero attached hydrogens (tertiary/aromatic N) is 8. The van der Waals surface area contributed by atoms with Crippen molar-refractivity contribution in [3.63, 3.8) is 0 Å². The average molecular weight is 1160 g/mol. The maximum atomic E-state index is 13.1. The second kappa shape index (κ2) is 28.0. The van der Waals surface area contributed by atoms with E-state index in [0.717, 1.165) is 40.0 Å². The van der Waals surface area contributed by atoms with Gasteiger partial charge in [-0.2, -0.15) is 18.3 Å². The molecule has 396 valence electrons. The molecule has 2 aromatic carbocycles. The second-order valence-electron chi connectivity index (χ2n) is 19.2. The fourth-order valence-corrected chi connectivity index (χ4v) is 8.46. The summed E-state index contributed by atoms with van der Waals surface area (Å²) >= 11 is 5.35. The van der Waals surface area contributed by atoms with Crippen LogP contribution in [0.2, 0.25) is 0 Å². The first-order valence-electron chi connectivity index (χ1n) is 24.2. The van der Waals surface area contributed by atoms with Gasteiger partial charge in [-0.15, -0.1) is 11.3 Å². The normalized spacial score (nSPS) is 10.9. The first-order chi connectivity index (χ1) is 36.3. The maximum absolute atomic E-state index is 13.1. The molecule has 0 amide bonds. The predicted molar refractivity (Wildman–Crippen MR) is 296 cm³/mol. The number of unbranched alkanes of at least 4 members (excludes halogenated alkanes) is 3. The number of benzene rings is 2. The van der Waals surface area contributed by atoms with Crippen molar-refractivity contribution < 1.29 is 51.7 Å². The molecule has 0 aliphatic rings. The Morgan fingerprint density at radius 3 is 1.77 bits per heavy atom. The molecule has 12 nitrogen and oxygen atoms in total. The zero-order valence-corrected chi connectivity index (χ0v) is 46.8. The van der Waals surface area contributed by atoms with E-state index in [9.17, 15) is 22.8 Å². The summed E-state index contributed by atoms with van der Waals surface area (Å²) in [5, 5.41) is 17.6. The molecule has 77 heavy (non-hydrogen) atoms. The minimum atomic E-state index is -4.56. The minimum absolute atomic E-state index is 0. The number of pyridine rings is 4. The van der Waals surface area contributed by atoms with Gasteiger partial charge in [0.25, 0.3) is 12.9 Å². The van der Waals surface area contributed by atoms with Crippen molar-refractivity contribution in [3.8, 4) is 57.5 Å². The van der Waals surface area contributed by atoms with Crippen LogP contribution in [0.15, 0.2) is 133 Å². The van der Waals surface area contributed by atoms with E-state index in [-0.39, 0.29) is 41.8 Å². The molecule has 0 bridgehead atoms. The van der Waals surface area contributed by atoms with E-state index in [1.54, 1.807) is 54.1 Å².